The molecule has 0 radical (unpaired) electrons. The van der Waals surface area contributed by atoms with Crippen molar-refractivity contribution >= 4 is 33.2 Å². The average Bonchev–Trinajstić information content (AvgIpc) is 2.35. The number of hydrogen-bond donors (Lipinski definition) is 1. The number of ether oxygens (including phenoxy) is 1. The molecule has 0 aliphatic heterocycles. The largest absolute Gasteiger partial charge is 0.437 e. The number of anilines is 1. The molecule has 0 aliphatic carbocycles. The summed E-state index contributed by atoms with van der Waals surface area (Å²) in [6.07, 6.45) is 1.65. The molecule has 0 atom stereocenters. The predicted octanol–water partition coefficient (Wildman–Crippen LogP) is 5.30. The summed E-state index contributed by atoms with van der Waals surface area (Å²) in [6, 6.07) is 5.61. The van der Waals surface area contributed by atoms with Crippen molar-refractivity contribution in [1.82, 2.24) is 4.98 Å². The Balaban J connectivity index is 2.40. The van der Waals surface area contributed by atoms with E-state index in [4.69, 9.17) is 22.1 Å². The van der Waals surface area contributed by atoms with E-state index < -0.39 is 0 Å². The quantitative estimate of drug-likeness (QED) is 0.812. The zero-order valence-corrected chi connectivity index (χ0v) is 13.9. The number of aromatic nitrogens is 1. The first-order chi connectivity index (χ1) is 9.38. The average molecular weight is 356 g/mol. The highest BCUT2D eigenvalue weighted by molar-refractivity contribution is 9.10. The van der Waals surface area contributed by atoms with E-state index in [2.05, 4.69) is 34.8 Å². The number of nitrogens with zero attached hydrogens (tertiary/aromatic N) is 1. The van der Waals surface area contributed by atoms with Gasteiger partial charge in [0.25, 0.3) is 0 Å². The Kier molecular flexibility index (Phi) is 4.55. The first kappa shape index (κ1) is 15.1. The summed E-state index contributed by atoms with van der Waals surface area (Å²) in [5, 5.41) is 0.751. The van der Waals surface area contributed by atoms with Crippen LogP contribution < -0.4 is 10.5 Å². The van der Waals surface area contributed by atoms with Gasteiger partial charge in [-0.3, -0.25) is 0 Å². The summed E-state index contributed by atoms with van der Waals surface area (Å²) in [7, 11) is 0. The van der Waals surface area contributed by atoms with Gasteiger partial charge in [-0.2, -0.15) is 0 Å². The fourth-order valence-corrected chi connectivity index (χ4v) is 2.64. The lowest BCUT2D eigenvalue weighted by Gasteiger charge is -2.14. The molecule has 0 saturated heterocycles. The van der Waals surface area contributed by atoms with E-state index in [1.54, 1.807) is 12.3 Å². The Labute approximate surface area is 132 Å². The molecule has 2 rings (SSSR count). The molecule has 2 N–H and O–H groups in total. The fourth-order valence-electron chi connectivity index (χ4n) is 1.85. The first-order valence-electron chi connectivity index (χ1n) is 6.27. The van der Waals surface area contributed by atoms with Gasteiger partial charge in [-0.1, -0.05) is 25.4 Å². The number of hydrogen-bond acceptors (Lipinski definition) is 3. The van der Waals surface area contributed by atoms with Crippen LogP contribution in [0.3, 0.4) is 0 Å². The monoisotopic (exact) mass is 354 g/mol. The van der Waals surface area contributed by atoms with Crippen molar-refractivity contribution in [2.45, 2.75) is 26.7 Å². The molecule has 1 heterocycles. The molecule has 0 amide bonds. The number of aryl methyl sites for hydroxylation is 1. The number of nitrogen functional groups attached to an aromatic ring is 1. The maximum Gasteiger partial charge on any atom is 0.242 e. The van der Waals surface area contributed by atoms with Gasteiger partial charge in [0, 0.05) is 15.7 Å². The Morgan fingerprint density at radius 3 is 2.60 bits per heavy atom. The van der Waals surface area contributed by atoms with Crippen molar-refractivity contribution in [3.8, 4) is 11.6 Å². The van der Waals surface area contributed by atoms with Crippen molar-refractivity contribution < 1.29 is 4.74 Å². The van der Waals surface area contributed by atoms with Crippen LogP contribution in [0.25, 0.3) is 0 Å². The summed E-state index contributed by atoms with van der Waals surface area (Å²) in [6.45, 7) is 6.12. The van der Waals surface area contributed by atoms with Gasteiger partial charge in [0.1, 0.15) is 5.75 Å². The van der Waals surface area contributed by atoms with Crippen LogP contribution in [0, 0.1) is 6.92 Å². The van der Waals surface area contributed by atoms with Crippen LogP contribution >= 0.6 is 27.5 Å². The van der Waals surface area contributed by atoms with Crippen molar-refractivity contribution in [3.63, 3.8) is 0 Å². The zero-order chi connectivity index (χ0) is 14.9. The molecule has 0 saturated carbocycles. The van der Waals surface area contributed by atoms with Crippen molar-refractivity contribution in [2.75, 3.05) is 5.73 Å². The van der Waals surface area contributed by atoms with Crippen LogP contribution in [0.5, 0.6) is 11.6 Å². The van der Waals surface area contributed by atoms with E-state index in [0.29, 0.717) is 17.5 Å². The molecule has 5 heteroatoms. The summed E-state index contributed by atoms with van der Waals surface area (Å²) < 4.78 is 6.64. The van der Waals surface area contributed by atoms with E-state index in [1.807, 2.05) is 19.1 Å². The van der Waals surface area contributed by atoms with Crippen LogP contribution in [0.2, 0.25) is 5.02 Å². The number of nitrogens with two attached hydrogens (primary N) is 1. The second-order valence-corrected chi connectivity index (χ2v) is 6.27. The molecular weight excluding hydrogens is 340 g/mol. The standard InChI is InChI=1S/C15H16BrClN2O/c1-8(2)11-6-14(9(3)4-12(11)17)20-15-13(18)5-10(16)7-19-15/h4-8H,18H2,1-3H3. The van der Waals surface area contributed by atoms with Crippen molar-refractivity contribution in [2.24, 2.45) is 0 Å². The van der Waals surface area contributed by atoms with Crippen LogP contribution in [-0.4, -0.2) is 4.98 Å². The van der Waals surface area contributed by atoms with E-state index in [0.717, 1.165) is 26.4 Å². The SMILES string of the molecule is Cc1cc(Cl)c(C(C)C)cc1Oc1ncc(Br)cc1N. The lowest BCUT2D eigenvalue weighted by atomic mass is 10.0. The molecule has 3 nitrogen and oxygen atoms in total. The highest BCUT2D eigenvalue weighted by Crippen LogP contribution is 2.35. The minimum Gasteiger partial charge on any atom is -0.437 e. The first-order valence-corrected chi connectivity index (χ1v) is 7.44. The van der Waals surface area contributed by atoms with Gasteiger partial charge in [-0.15, -0.1) is 0 Å². The molecule has 0 aliphatic rings. The third-order valence-corrected chi connectivity index (χ3v) is 3.73. The van der Waals surface area contributed by atoms with E-state index in [9.17, 15) is 0 Å². The molecule has 0 spiro atoms. The molecule has 0 bridgehead atoms. The van der Waals surface area contributed by atoms with Crippen LogP contribution in [0.1, 0.15) is 30.9 Å². The highest BCUT2D eigenvalue weighted by Gasteiger charge is 2.12. The number of benzene rings is 1. The molecular formula is C15H16BrClN2O. The van der Waals surface area contributed by atoms with Gasteiger partial charge in [0.05, 0.1) is 5.69 Å². The van der Waals surface area contributed by atoms with E-state index >= 15 is 0 Å². The van der Waals surface area contributed by atoms with Crippen molar-refractivity contribution in [3.05, 3.63) is 45.0 Å². The molecule has 0 fully saturated rings. The van der Waals surface area contributed by atoms with Crippen LogP contribution in [0.15, 0.2) is 28.9 Å². The van der Waals surface area contributed by atoms with Gasteiger partial charge >= 0.3 is 0 Å². The number of pyridine rings is 1. The number of rotatable bonds is 3. The minimum atomic E-state index is 0.320. The summed E-state index contributed by atoms with van der Waals surface area (Å²) in [5.74, 6) is 1.44. The molecule has 0 unspecified atom stereocenters. The van der Waals surface area contributed by atoms with E-state index in [-0.39, 0.29) is 0 Å². The second kappa shape index (κ2) is 6.02. The zero-order valence-electron chi connectivity index (χ0n) is 11.6. The van der Waals surface area contributed by atoms with Gasteiger partial charge in [0.2, 0.25) is 5.88 Å². The fraction of sp³-hybridized carbons (Fsp3) is 0.267. The Bertz CT molecular complexity index is 644. The summed E-state index contributed by atoms with van der Waals surface area (Å²) >= 11 is 9.57. The molecule has 20 heavy (non-hydrogen) atoms. The molecule has 1 aromatic heterocycles. The van der Waals surface area contributed by atoms with E-state index in [1.165, 1.54) is 0 Å². The smallest absolute Gasteiger partial charge is 0.242 e. The van der Waals surface area contributed by atoms with Gasteiger partial charge in [-0.25, -0.2) is 4.98 Å². The van der Waals surface area contributed by atoms with Crippen LogP contribution in [0.4, 0.5) is 5.69 Å². The summed E-state index contributed by atoms with van der Waals surface area (Å²) in [4.78, 5) is 4.18. The maximum atomic E-state index is 6.25. The minimum absolute atomic E-state index is 0.320. The third kappa shape index (κ3) is 3.25. The maximum absolute atomic E-state index is 6.25. The predicted molar refractivity (Wildman–Crippen MR) is 86.7 cm³/mol. The Morgan fingerprint density at radius 1 is 1.30 bits per heavy atom. The topological polar surface area (TPSA) is 48.1 Å². The highest BCUT2D eigenvalue weighted by atomic mass is 79.9. The van der Waals surface area contributed by atoms with Gasteiger partial charge in [-0.05, 0) is 58.1 Å². The number of halogens is 2. The lowest BCUT2D eigenvalue weighted by molar-refractivity contribution is 0.461. The molecule has 106 valence electrons. The lowest BCUT2D eigenvalue weighted by Crippen LogP contribution is -1.98. The summed E-state index contributed by atoms with van der Waals surface area (Å²) in [5.41, 5.74) is 8.38. The Hall–Kier alpha value is -1.26. The van der Waals surface area contributed by atoms with Gasteiger partial charge in [0.15, 0.2) is 0 Å². The van der Waals surface area contributed by atoms with Crippen LogP contribution in [-0.2, 0) is 0 Å². The second-order valence-electron chi connectivity index (χ2n) is 4.94. The molecule has 1 aromatic carbocycles. The van der Waals surface area contributed by atoms with Gasteiger partial charge < -0.3 is 10.5 Å². The van der Waals surface area contributed by atoms with Crippen molar-refractivity contribution in [1.29, 1.82) is 0 Å². The normalized spacial score (nSPS) is 10.9. The molecule has 2 aromatic rings. The third-order valence-electron chi connectivity index (χ3n) is 2.97. The Morgan fingerprint density at radius 2 is 2.00 bits per heavy atom.